The lowest BCUT2D eigenvalue weighted by atomic mass is 10.2. The van der Waals surface area contributed by atoms with Crippen LogP contribution in [0.4, 0.5) is 0 Å². The van der Waals surface area contributed by atoms with Crippen LogP contribution in [0.2, 0.25) is 6.04 Å². The Morgan fingerprint density at radius 2 is 1.88 bits per heavy atom. The molecule has 0 aliphatic heterocycles. The van der Waals surface area contributed by atoms with Crippen LogP contribution in [-0.2, 0) is 18.4 Å². The molecule has 16 heavy (non-hydrogen) atoms. The van der Waals surface area contributed by atoms with Crippen molar-refractivity contribution >= 4 is 14.5 Å². The summed E-state index contributed by atoms with van der Waals surface area (Å²) in [7, 11) is 0.615. The molecule has 0 saturated carbocycles. The van der Waals surface area contributed by atoms with Crippen molar-refractivity contribution in [1.29, 1.82) is 0 Å². The predicted molar refractivity (Wildman–Crippen MR) is 62.1 cm³/mol. The van der Waals surface area contributed by atoms with Gasteiger partial charge in [-0.15, -0.1) is 0 Å². The van der Waals surface area contributed by atoms with Crippen molar-refractivity contribution in [1.82, 2.24) is 0 Å². The lowest BCUT2D eigenvalue weighted by molar-refractivity contribution is -0.147. The molecule has 96 valence electrons. The Kier molecular flexibility index (Phi) is 7.57. The molecule has 0 atom stereocenters. The van der Waals surface area contributed by atoms with Crippen molar-refractivity contribution in [2.45, 2.75) is 26.3 Å². The second-order valence-corrected chi connectivity index (χ2v) is 7.36. The zero-order chi connectivity index (χ0) is 12.6. The molecule has 6 heteroatoms. The van der Waals surface area contributed by atoms with Gasteiger partial charge in [-0.25, -0.2) is 0 Å². The smallest absolute Gasteiger partial charge is 0.364 e. The van der Waals surface area contributed by atoms with Crippen molar-refractivity contribution in [3.8, 4) is 0 Å². The van der Waals surface area contributed by atoms with E-state index in [0.29, 0.717) is 19.1 Å². The van der Waals surface area contributed by atoms with E-state index < -0.39 is 8.56 Å². The van der Waals surface area contributed by atoms with E-state index in [0.717, 1.165) is 0 Å². The van der Waals surface area contributed by atoms with Gasteiger partial charge in [0, 0.05) is 14.2 Å². The minimum Gasteiger partial charge on any atom is -0.465 e. The molecule has 0 fully saturated rings. The maximum Gasteiger partial charge on any atom is 0.364 e. The van der Waals surface area contributed by atoms with Crippen LogP contribution in [0.25, 0.3) is 0 Å². The van der Waals surface area contributed by atoms with E-state index >= 15 is 0 Å². The van der Waals surface area contributed by atoms with Crippen molar-refractivity contribution in [3.63, 3.8) is 0 Å². The maximum atomic E-state index is 11.2. The SMILES string of the molecule is CO[Si](CO)(CCCOC(=O)C(C)C)OC. The summed E-state index contributed by atoms with van der Waals surface area (Å²) < 4.78 is 15.5. The summed E-state index contributed by atoms with van der Waals surface area (Å²) >= 11 is 0. The lowest BCUT2D eigenvalue weighted by Crippen LogP contribution is -2.44. The average Bonchev–Trinajstić information content (AvgIpc) is 2.30. The zero-order valence-electron chi connectivity index (χ0n) is 10.5. The second-order valence-electron chi connectivity index (χ2n) is 3.90. The Morgan fingerprint density at radius 1 is 1.31 bits per heavy atom. The number of hydrogen-bond acceptors (Lipinski definition) is 5. The standard InChI is InChI=1S/C10H22O5Si/c1-9(2)10(12)15-6-5-7-16(8-11,13-3)14-4/h9,11H,5-8H2,1-4H3. The number of ether oxygens (including phenoxy) is 1. The Hall–Kier alpha value is -0.433. The highest BCUT2D eigenvalue weighted by molar-refractivity contribution is 6.67. The molecular formula is C10H22O5Si. The maximum absolute atomic E-state index is 11.2. The third kappa shape index (κ3) is 5.07. The van der Waals surface area contributed by atoms with E-state index in [4.69, 9.17) is 13.6 Å². The summed E-state index contributed by atoms with van der Waals surface area (Å²) in [6, 6.07) is 0.613. The molecule has 0 aromatic rings. The monoisotopic (exact) mass is 250 g/mol. The van der Waals surface area contributed by atoms with E-state index in [2.05, 4.69) is 0 Å². The van der Waals surface area contributed by atoms with Crippen LogP contribution in [0.5, 0.6) is 0 Å². The third-order valence-corrected chi connectivity index (χ3v) is 5.49. The summed E-state index contributed by atoms with van der Waals surface area (Å²) in [6.07, 6.45) is 0.561. The van der Waals surface area contributed by atoms with Gasteiger partial charge in [0.1, 0.15) is 0 Å². The molecular weight excluding hydrogens is 228 g/mol. The molecule has 0 spiro atoms. The van der Waals surface area contributed by atoms with Crippen LogP contribution in [0.1, 0.15) is 20.3 Å². The van der Waals surface area contributed by atoms with Crippen LogP contribution in [0.15, 0.2) is 0 Å². The molecule has 0 heterocycles. The zero-order valence-corrected chi connectivity index (χ0v) is 11.5. The topological polar surface area (TPSA) is 65.0 Å². The number of aliphatic hydroxyl groups excluding tert-OH is 1. The van der Waals surface area contributed by atoms with Crippen LogP contribution in [0.3, 0.4) is 0 Å². The Bertz CT molecular complexity index is 195. The Balaban J connectivity index is 3.83. The van der Waals surface area contributed by atoms with E-state index in [1.54, 1.807) is 13.8 Å². The van der Waals surface area contributed by atoms with Crippen LogP contribution in [0, 0.1) is 5.92 Å². The molecule has 0 unspecified atom stereocenters. The fourth-order valence-electron chi connectivity index (χ4n) is 1.18. The molecule has 0 aliphatic carbocycles. The largest absolute Gasteiger partial charge is 0.465 e. The summed E-state index contributed by atoms with van der Waals surface area (Å²) in [4.78, 5) is 11.2. The van der Waals surface area contributed by atoms with E-state index in [1.165, 1.54) is 14.2 Å². The highest BCUT2D eigenvalue weighted by atomic mass is 28.4. The summed E-state index contributed by atoms with van der Waals surface area (Å²) in [5.74, 6) is -0.309. The quantitative estimate of drug-likeness (QED) is 0.393. The van der Waals surface area contributed by atoms with Gasteiger partial charge in [0.25, 0.3) is 0 Å². The number of carbonyl (C=O) groups is 1. The summed E-state index contributed by atoms with van der Waals surface area (Å²) in [5, 5.41) is 9.18. The van der Waals surface area contributed by atoms with Crippen molar-refractivity contribution in [3.05, 3.63) is 0 Å². The third-order valence-electron chi connectivity index (χ3n) is 2.40. The fourth-order valence-corrected chi connectivity index (χ4v) is 2.85. The summed E-state index contributed by atoms with van der Waals surface area (Å²) in [5.41, 5.74) is 0. The van der Waals surface area contributed by atoms with Crippen molar-refractivity contribution < 1.29 is 23.5 Å². The number of aliphatic hydroxyl groups is 1. The second kappa shape index (κ2) is 7.78. The first kappa shape index (κ1) is 15.6. The molecule has 0 aromatic heterocycles. The van der Waals surface area contributed by atoms with Gasteiger partial charge in [0.2, 0.25) is 0 Å². The molecule has 5 nitrogen and oxygen atoms in total. The van der Waals surface area contributed by atoms with Gasteiger partial charge in [-0.3, -0.25) is 4.79 Å². The minimum absolute atomic E-state index is 0.0852. The van der Waals surface area contributed by atoms with Crippen molar-refractivity contribution in [2.75, 3.05) is 27.1 Å². The summed E-state index contributed by atoms with van der Waals surface area (Å²) in [6.45, 7) is 3.93. The van der Waals surface area contributed by atoms with Gasteiger partial charge in [0.05, 0.1) is 18.8 Å². The highest BCUT2D eigenvalue weighted by Gasteiger charge is 2.34. The molecule has 0 aliphatic rings. The minimum atomic E-state index is -2.45. The first-order chi connectivity index (χ1) is 7.51. The molecule has 1 N–H and O–H groups in total. The van der Waals surface area contributed by atoms with Crippen LogP contribution < -0.4 is 0 Å². The van der Waals surface area contributed by atoms with Gasteiger partial charge in [-0.1, -0.05) is 13.8 Å². The first-order valence-electron chi connectivity index (χ1n) is 5.39. The number of esters is 1. The Morgan fingerprint density at radius 3 is 2.25 bits per heavy atom. The molecule has 0 aromatic carbocycles. The van der Waals surface area contributed by atoms with E-state index in [-0.39, 0.29) is 18.1 Å². The van der Waals surface area contributed by atoms with Gasteiger partial charge >= 0.3 is 14.5 Å². The Labute approximate surface area is 97.9 Å². The molecule has 0 radical (unpaired) electrons. The van der Waals surface area contributed by atoms with Gasteiger partial charge in [-0.2, -0.15) is 0 Å². The number of rotatable bonds is 8. The van der Waals surface area contributed by atoms with Gasteiger partial charge in [0.15, 0.2) is 0 Å². The molecule has 0 rings (SSSR count). The first-order valence-corrected chi connectivity index (χ1v) is 7.62. The number of hydrogen-bond donors (Lipinski definition) is 1. The van der Waals surface area contributed by atoms with E-state index in [1.807, 2.05) is 0 Å². The molecule has 0 bridgehead atoms. The average molecular weight is 250 g/mol. The van der Waals surface area contributed by atoms with Crippen molar-refractivity contribution in [2.24, 2.45) is 5.92 Å². The van der Waals surface area contributed by atoms with E-state index in [9.17, 15) is 9.90 Å². The van der Waals surface area contributed by atoms with Crippen LogP contribution >= 0.6 is 0 Å². The van der Waals surface area contributed by atoms with Gasteiger partial charge in [-0.05, 0) is 12.5 Å². The van der Waals surface area contributed by atoms with Gasteiger partial charge < -0.3 is 18.7 Å². The lowest BCUT2D eigenvalue weighted by Gasteiger charge is -2.24. The highest BCUT2D eigenvalue weighted by Crippen LogP contribution is 2.13. The fraction of sp³-hybridized carbons (Fsp3) is 0.900. The van der Waals surface area contributed by atoms with Crippen LogP contribution in [-0.4, -0.2) is 46.7 Å². The normalized spacial score (nSPS) is 11.9. The molecule has 0 amide bonds. The predicted octanol–water partition coefficient (Wildman–Crippen LogP) is 0.842. The molecule has 0 saturated heterocycles. The number of carbonyl (C=O) groups excluding carboxylic acids is 1.